The third-order valence-corrected chi connectivity index (χ3v) is 7.21. The highest BCUT2D eigenvalue weighted by molar-refractivity contribution is 7.95. The van der Waals surface area contributed by atoms with E-state index in [2.05, 4.69) is 14.9 Å². The number of H-pyrrole nitrogens is 1. The number of anilines is 1. The van der Waals surface area contributed by atoms with Crippen LogP contribution in [0.1, 0.15) is 0 Å². The maximum Gasteiger partial charge on any atom is 0.263 e. The molecule has 0 saturated heterocycles. The molecule has 0 saturated carbocycles. The van der Waals surface area contributed by atoms with Gasteiger partial charge >= 0.3 is 0 Å². The summed E-state index contributed by atoms with van der Waals surface area (Å²) >= 11 is 0. The van der Waals surface area contributed by atoms with E-state index < -0.39 is 25.7 Å². The van der Waals surface area contributed by atoms with Crippen molar-refractivity contribution in [1.29, 1.82) is 0 Å². The third kappa shape index (κ3) is 3.66. The van der Waals surface area contributed by atoms with Gasteiger partial charge in [-0.1, -0.05) is 24.3 Å². The molecule has 3 aromatic carbocycles. The van der Waals surface area contributed by atoms with Crippen molar-refractivity contribution >= 4 is 36.5 Å². The maximum absolute atomic E-state index is 14.2. The van der Waals surface area contributed by atoms with Gasteiger partial charge in [0, 0.05) is 22.9 Å². The predicted molar refractivity (Wildman–Crippen MR) is 112 cm³/mol. The number of sulfone groups is 1. The highest BCUT2D eigenvalue weighted by Crippen LogP contribution is 2.31. The van der Waals surface area contributed by atoms with Gasteiger partial charge in [-0.05, 0) is 42.5 Å². The lowest BCUT2D eigenvalue weighted by Gasteiger charge is -2.11. The molecule has 0 bridgehead atoms. The lowest BCUT2D eigenvalue weighted by Crippen LogP contribution is -2.16. The molecule has 154 valence electrons. The van der Waals surface area contributed by atoms with Crippen LogP contribution in [0.3, 0.4) is 0 Å². The molecule has 1 heterocycles. The molecule has 0 aliphatic heterocycles. The molecule has 0 unspecified atom stereocenters. The minimum Gasteiger partial charge on any atom is -0.280 e. The zero-order chi connectivity index (χ0) is 21.5. The van der Waals surface area contributed by atoms with E-state index in [-0.39, 0.29) is 21.0 Å². The summed E-state index contributed by atoms with van der Waals surface area (Å²) < 4.78 is 66.4. The molecule has 0 radical (unpaired) electrons. The standard InChI is InChI=1S/C20H16FN3O4S2/c1-29(25,26)18-8-4-5-9-19(18)30(27,28)24-13-10-11-17-15(12-13)20(23-22-17)14-6-2-3-7-16(14)21/h2-12,24H,1H3,(H,22,23). The van der Waals surface area contributed by atoms with Crippen LogP contribution in [-0.2, 0) is 19.9 Å². The zero-order valence-electron chi connectivity index (χ0n) is 15.6. The average molecular weight is 445 g/mol. The van der Waals surface area contributed by atoms with Crippen molar-refractivity contribution in [2.75, 3.05) is 11.0 Å². The van der Waals surface area contributed by atoms with Gasteiger partial charge in [0.05, 0.1) is 10.4 Å². The van der Waals surface area contributed by atoms with E-state index in [1.54, 1.807) is 24.3 Å². The number of halogens is 1. The normalized spacial score (nSPS) is 12.2. The van der Waals surface area contributed by atoms with E-state index in [0.29, 0.717) is 16.6 Å². The van der Waals surface area contributed by atoms with Gasteiger partial charge < -0.3 is 0 Å². The Bertz CT molecular complexity index is 1480. The van der Waals surface area contributed by atoms with E-state index in [9.17, 15) is 21.2 Å². The first-order chi connectivity index (χ1) is 14.2. The zero-order valence-corrected chi connectivity index (χ0v) is 17.3. The summed E-state index contributed by atoms with van der Waals surface area (Å²) in [5, 5.41) is 7.45. The SMILES string of the molecule is CS(=O)(=O)c1ccccc1S(=O)(=O)Nc1ccc2[nH]nc(-c3ccccc3F)c2c1. The number of hydrogen-bond acceptors (Lipinski definition) is 5. The highest BCUT2D eigenvalue weighted by Gasteiger charge is 2.24. The van der Waals surface area contributed by atoms with Crippen molar-refractivity contribution in [1.82, 2.24) is 10.2 Å². The molecule has 0 amide bonds. The summed E-state index contributed by atoms with van der Waals surface area (Å²) in [7, 11) is -7.96. The second-order valence-electron chi connectivity index (χ2n) is 6.64. The number of rotatable bonds is 5. The van der Waals surface area contributed by atoms with Crippen LogP contribution in [0, 0.1) is 5.82 Å². The molecule has 2 N–H and O–H groups in total. The molecule has 0 fully saturated rings. The summed E-state index contributed by atoms with van der Waals surface area (Å²) in [6.07, 6.45) is 0.944. The van der Waals surface area contributed by atoms with Gasteiger partial charge in [0.15, 0.2) is 9.84 Å². The van der Waals surface area contributed by atoms with Gasteiger partial charge in [-0.3, -0.25) is 9.82 Å². The van der Waals surface area contributed by atoms with Gasteiger partial charge in [0.2, 0.25) is 0 Å². The fourth-order valence-corrected chi connectivity index (χ4v) is 5.81. The molecule has 1 aromatic heterocycles. The fourth-order valence-electron chi connectivity index (χ4n) is 3.12. The van der Waals surface area contributed by atoms with Gasteiger partial charge in [0.25, 0.3) is 10.0 Å². The Labute approximate surface area is 172 Å². The van der Waals surface area contributed by atoms with E-state index in [0.717, 1.165) is 6.26 Å². The van der Waals surface area contributed by atoms with Gasteiger partial charge in [-0.2, -0.15) is 5.10 Å². The summed E-state index contributed by atoms with van der Waals surface area (Å²) in [4.78, 5) is -0.650. The first kappa shape index (κ1) is 20.0. The van der Waals surface area contributed by atoms with Gasteiger partial charge in [-0.25, -0.2) is 21.2 Å². The summed E-state index contributed by atoms with van der Waals surface area (Å²) in [6, 6.07) is 16.1. The van der Waals surface area contributed by atoms with Crippen LogP contribution in [0.2, 0.25) is 0 Å². The van der Waals surface area contributed by atoms with Gasteiger partial charge in [0.1, 0.15) is 16.4 Å². The van der Waals surface area contributed by atoms with E-state index in [1.165, 1.54) is 42.5 Å². The Morgan fingerprint density at radius 3 is 2.27 bits per heavy atom. The fraction of sp³-hybridized carbons (Fsp3) is 0.0500. The lowest BCUT2D eigenvalue weighted by molar-refractivity contribution is 0.588. The molecule has 0 aliphatic rings. The molecule has 0 spiro atoms. The van der Waals surface area contributed by atoms with Crippen LogP contribution in [0.15, 0.2) is 76.5 Å². The second-order valence-corrected chi connectivity index (χ2v) is 10.3. The molecule has 7 nitrogen and oxygen atoms in total. The van der Waals surface area contributed by atoms with Crippen LogP contribution in [0.4, 0.5) is 10.1 Å². The van der Waals surface area contributed by atoms with Crippen molar-refractivity contribution in [2.24, 2.45) is 0 Å². The van der Waals surface area contributed by atoms with Crippen molar-refractivity contribution in [3.63, 3.8) is 0 Å². The van der Waals surface area contributed by atoms with Crippen LogP contribution < -0.4 is 4.72 Å². The number of nitrogens with zero attached hydrogens (tertiary/aromatic N) is 1. The Hall–Kier alpha value is -3.24. The summed E-state index contributed by atoms with van der Waals surface area (Å²) in [5.41, 5.74) is 1.38. The Balaban J connectivity index is 1.79. The Morgan fingerprint density at radius 1 is 0.900 bits per heavy atom. The Morgan fingerprint density at radius 2 is 1.57 bits per heavy atom. The number of nitrogens with one attached hydrogen (secondary N) is 2. The number of benzene rings is 3. The van der Waals surface area contributed by atoms with E-state index >= 15 is 0 Å². The first-order valence-electron chi connectivity index (χ1n) is 8.72. The molecular weight excluding hydrogens is 429 g/mol. The van der Waals surface area contributed by atoms with Crippen molar-refractivity contribution in [3.05, 3.63) is 72.5 Å². The summed E-state index contributed by atoms with van der Waals surface area (Å²) in [5.74, 6) is -0.459. The molecule has 30 heavy (non-hydrogen) atoms. The van der Waals surface area contributed by atoms with Crippen molar-refractivity contribution < 1.29 is 21.2 Å². The summed E-state index contributed by atoms with van der Waals surface area (Å²) in [6.45, 7) is 0. The number of aromatic amines is 1. The average Bonchev–Trinajstić information content (AvgIpc) is 3.10. The van der Waals surface area contributed by atoms with Crippen LogP contribution in [-0.4, -0.2) is 33.3 Å². The second kappa shape index (κ2) is 7.22. The van der Waals surface area contributed by atoms with E-state index in [1.807, 2.05) is 0 Å². The molecule has 0 atom stereocenters. The first-order valence-corrected chi connectivity index (χ1v) is 12.1. The molecule has 10 heteroatoms. The quantitative estimate of drug-likeness (QED) is 0.488. The van der Waals surface area contributed by atoms with Crippen LogP contribution in [0.5, 0.6) is 0 Å². The molecule has 4 aromatic rings. The minimum atomic E-state index is -4.20. The monoisotopic (exact) mass is 445 g/mol. The molecular formula is C20H16FN3O4S2. The van der Waals surface area contributed by atoms with Crippen LogP contribution >= 0.6 is 0 Å². The number of hydrogen-bond donors (Lipinski definition) is 2. The maximum atomic E-state index is 14.2. The highest BCUT2D eigenvalue weighted by atomic mass is 32.2. The third-order valence-electron chi connectivity index (χ3n) is 4.48. The van der Waals surface area contributed by atoms with Gasteiger partial charge in [-0.15, -0.1) is 0 Å². The Kier molecular flexibility index (Phi) is 4.83. The number of sulfonamides is 1. The molecule has 0 aliphatic carbocycles. The topological polar surface area (TPSA) is 109 Å². The van der Waals surface area contributed by atoms with Crippen molar-refractivity contribution in [3.8, 4) is 11.3 Å². The van der Waals surface area contributed by atoms with Crippen molar-refractivity contribution in [2.45, 2.75) is 9.79 Å². The van der Waals surface area contributed by atoms with E-state index in [4.69, 9.17) is 0 Å². The number of aromatic nitrogens is 2. The molecule has 4 rings (SSSR count). The smallest absolute Gasteiger partial charge is 0.263 e. The largest absolute Gasteiger partial charge is 0.280 e. The minimum absolute atomic E-state index is 0.185. The number of fused-ring (bicyclic) bond motifs is 1. The predicted octanol–water partition coefficient (Wildman–Crippen LogP) is 3.57. The lowest BCUT2D eigenvalue weighted by atomic mass is 10.1. The van der Waals surface area contributed by atoms with Crippen LogP contribution in [0.25, 0.3) is 22.2 Å².